The van der Waals surface area contributed by atoms with Gasteiger partial charge in [-0.15, -0.1) is 11.3 Å². The van der Waals surface area contributed by atoms with Crippen molar-refractivity contribution in [1.82, 2.24) is 10.3 Å². The molecule has 1 aromatic heterocycles. The van der Waals surface area contributed by atoms with Gasteiger partial charge < -0.3 is 25.0 Å². The van der Waals surface area contributed by atoms with Crippen LogP contribution in [0.2, 0.25) is 0 Å². The van der Waals surface area contributed by atoms with Crippen LogP contribution in [0.15, 0.2) is 11.0 Å². The Kier molecular flexibility index (Phi) is 10.5. The van der Waals surface area contributed by atoms with Crippen LogP contribution in [0.1, 0.15) is 97.2 Å². The minimum atomic E-state index is -1.81. The molecule has 6 atom stereocenters. The number of esters is 1. The second-order valence-electron chi connectivity index (χ2n) is 11.8. The van der Waals surface area contributed by atoms with Gasteiger partial charge in [0.05, 0.1) is 12.2 Å². The number of aliphatic hydroxyl groups is 2. The van der Waals surface area contributed by atoms with Crippen molar-refractivity contribution in [2.45, 2.75) is 117 Å². The number of carbonyl (C=O) groups is 3. The van der Waals surface area contributed by atoms with Crippen LogP contribution in [0.25, 0.3) is 6.08 Å². The first-order chi connectivity index (χ1) is 18.3. The van der Waals surface area contributed by atoms with Gasteiger partial charge in [-0.3, -0.25) is 14.4 Å². The molecular formula is C29H44N2O7S. The highest BCUT2D eigenvalue weighted by Gasteiger charge is 2.63. The van der Waals surface area contributed by atoms with Crippen LogP contribution >= 0.6 is 11.3 Å². The maximum Gasteiger partial charge on any atom is 0.306 e. The number of fused-ring (bicyclic) bond motifs is 1. The average Bonchev–Trinajstić information content (AvgIpc) is 3.33. The van der Waals surface area contributed by atoms with Crippen LogP contribution in [-0.4, -0.2) is 57.0 Å². The number of aromatic nitrogens is 1. The van der Waals surface area contributed by atoms with Crippen molar-refractivity contribution in [1.29, 1.82) is 0 Å². The molecule has 3 N–H and O–H groups in total. The molecule has 39 heavy (non-hydrogen) atoms. The number of nitrogens with one attached hydrogen (secondary N) is 1. The molecule has 2 saturated heterocycles. The fraction of sp³-hybridized carbons (Fsp3) is 0.724. The largest absolute Gasteiger partial charge is 0.455 e. The minimum Gasteiger partial charge on any atom is -0.455 e. The van der Waals surface area contributed by atoms with Gasteiger partial charge in [-0.05, 0) is 43.8 Å². The van der Waals surface area contributed by atoms with Crippen molar-refractivity contribution in [2.24, 2.45) is 17.3 Å². The number of carbonyl (C=O) groups excluding carboxylic acids is 3. The number of epoxide rings is 1. The van der Waals surface area contributed by atoms with Gasteiger partial charge in [0.25, 0.3) is 0 Å². The van der Waals surface area contributed by atoms with E-state index >= 15 is 0 Å². The van der Waals surface area contributed by atoms with E-state index in [-0.39, 0.29) is 24.0 Å². The van der Waals surface area contributed by atoms with E-state index in [1.165, 1.54) is 11.3 Å². The molecule has 0 bridgehead atoms. The summed E-state index contributed by atoms with van der Waals surface area (Å²) in [4.78, 5) is 42.2. The highest BCUT2D eigenvalue weighted by atomic mass is 32.1. The normalized spacial score (nSPS) is 32.7. The molecule has 1 aromatic rings. The van der Waals surface area contributed by atoms with Crippen molar-refractivity contribution < 1.29 is 34.1 Å². The van der Waals surface area contributed by atoms with Crippen molar-refractivity contribution in [3.05, 3.63) is 21.7 Å². The second kappa shape index (κ2) is 13.0. The van der Waals surface area contributed by atoms with E-state index in [0.717, 1.165) is 19.3 Å². The Morgan fingerprint density at radius 2 is 2.00 bits per heavy atom. The quantitative estimate of drug-likeness (QED) is 0.358. The molecule has 10 heteroatoms. The third kappa shape index (κ3) is 8.19. The summed E-state index contributed by atoms with van der Waals surface area (Å²) in [6.07, 6.45) is 2.15. The molecular weight excluding hydrogens is 520 g/mol. The number of hydrogen-bond acceptors (Lipinski definition) is 9. The van der Waals surface area contributed by atoms with Crippen LogP contribution < -0.4 is 5.32 Å². The van der Waals surface area contributed by atoms with Gasteiger partial charge in [-0.25, -0.2) is 4.98 Å². The molecule has 9 nitrogen and oxygen atoms in total. The van der Waals surface area contributed by atoms with E-state index in [1.54, 1.807) is 19.9 Å². The topological polar surface area (TPSA) is 138 Å². The number of amides is 1. The van der Waals surface area contributed by atoms with Crippen LogP contribution in [0.5, 0.6) is 0 Å². The number of nitrogens with zero attached hydrogens (tertiary/aromatic N) is 1. The number of ether oxygens (including phenoxy) is 2. The fourth-order valence-electron chi connectivity index (χ4n) is 5.32. The summed E-state index contributed by atoms with van der Waals surface area (Å²) in [7, 11) is 0. The molecule has 2 fully saturated rings. The van der Waals surface area contributed by atoms with Crippen LogP contribution in [0, 0.1) is 17.3 Å². The first kappa shape index (κ1) is 31.4. The van der Waals surface area contributed by atoms with Gasteiger partial charge in [-0.1, -0.05) is 47.5 Å². The Morgan fingerprint density at radius 1 is 1.28 bits per heavy atom. The molecule has 0 radical (unpaired) electrons. The van der Waals surface area contributed by atoms with E-state index in [1.807, 2.05) is 26.2 Å². The summed E-state index contributed by atoms with van der Waals surface area (Å²) in [6.45, 7) is 11.6. The maximum absolute atomic E-state index is 13.2. The maximum atomic E-state index is 13.2. The van der Waals surface area contributed by atoms with Crippen molar-refractivity contribution in [3.63, 3.8) is 0 Å². The molecule has 2 aliphatic heterocycles. The fourth-order valence-corrected chi connectivity index (χ4v) is 6.01. The summed E-state index contributed by atoms with van der Waals surface area (Å²) in [5.74, 6) is -2.10. The number of cyclic esters (lactones) is 1. The smallest absolute Gasteiger partial charge is 0.306 e. The van der Waals surface area contributed by atoms with E-state index < -0.39 is 35.5 Å². The van der Waals surface area contributed by atoms with Gasteiger partial charge >= 0.3 is 5.97 Å². The van der Waals surface area contributed by atoms with E-state index in [4.69, 9.17) is 9.47 Å². The van der Waals surface area contributed by atoms with Gasteiger partial charge in [0.2, 0.25) is 11.7 Å². The third-order valence-corrected chi connectivity index (χ3v) is 8.71. The van der Waals surface area contributed by atoms with Crippen molar-refractivity contribution in [2.75, 3.05) is 0 Å². The zero-order valence-corrected chi connectivity index (χ0v) is 24.8. The van der Waals surface area contributed by atoms with Gasteiger partial charge in [0.1, 0.15) is 16.9 Å². The number of hydrogen-bond donors (Lipinski definition) is 3. The molecule has 0 saturated carbocycles. The number of Topliss-reactive ketones (excluding diaryl/α,β-unsaturated/α-hetero) is 1. The zero-order valence-electron chi connectivity index (χ0n) is 24.0. The highest BCUT2D eigenvalue weighted by Crippen LogP contribution is 2.43. The lowest BCUT2D eigenvalue weighted by Crippen LogP contribution is -2.45. The molecule has 6 unspecified atom stereocenters. The molecule has 0 aromatic carbocycles. The molecule has 1 amide bonds. The summed E-state index contributed by atoms with van der Waals surface area (Å²) >= 11 is 1.38. The van der Waals surface area contributed by atoms with Crippen LogP contribution in [0.4, 0.5) is 0 Å². The lowest BCUT2D eigenvalue weighted by Gasteiger charge is -2.29. The summed E-state index contributed by atoms with van der Waals surface area (Å²) in [5, 5.41) is 27.6. The van der Waals surface area contributed by atoms with Gasteiger partial charge in [0.15, 0.2) is 12.2 Å². The molecule has 3 rings (SSSR count). The Balaban J connectivity index is 1.82. The van der Waals surface area contributed by atoms with E-state index in [9.17, 15) is 24.6 Å². The predicted octanol–water partition coefficient (Wildman–Crippen LogP) is 4.15. The zero-order chi connectivity index (χ0) is 29.0. The van der Waals surface area contributed by atoms with Crippen LogP contribution in [-0.2, 0) is 30.4 Å². The molecule has 0 spiro atoms. The minimum absolute atomic E-state index is 0.00178. The lowest BCUT2D eigenvalue weighted by atomic mass is 9.75. The second-order valence-corrected chi connectivity index (χ2v) is 12.8. The Morgan fingerprint density at radius 3 is 2.69 bits per heavy atom. The Hall–Kier alpha value is -2.14. The third-order valence-electron chi connectivity index (χ3n) is 7.84. The number of rotatable bonds is 5. The van der Waals surface area contributed by atoms with Gasteiger partial charge in [-0.2, -0.15) is 0 Å². The Bertz CT molecular complexity index is 1070. The van der Waals surface area contributed by atoms with Gasteiger partial charge in [0, 0.05) is 29.6 Å². The standard InChI is InChI=1S/C29H44N2O7S/c1-7-22(32)30-15-23-31-20(16-39-23)14-18(3)25-27(35)29(36)21(38-29)10-8-9-17(2)13-19(4)26(34)28(5,6)12-11-24(33)37-25/h14,16-17,19,21,25,27,35-36H,7-13,15H2,1-6H3,(H,30,32). The van der Waals surface area contributed by atoms with Crippen molar-refractivity contribution >= 4 is 35.1 Å². The molecule has 2 aliphatic rings. The highest BCUT2D eigenvalue weighted by molar-refractivity contribution is 7.09. The molecule has 0 aliphatic carbocycles. The van der Waals surface area contributed by atoms with E-state index in [0.29, 0.717) is 48.0 Å². The first-order valence-corrected chi connectivity index (χ1v) is 14.9. The molecule has 218 valence electrons. The Labute approximate surface area is 235 Å². The number of aliphatic hydroxyl groups excluding tert-OH is 1. The average molecular weight is 565 g/mol. The lowest BCUT2D eigenvalue weighted by molar-refractivity contribution is -0.165. The van der Waals surface area contributed by atoms with Crippen LogP contribution in [0.3, 0.4) is 0 Å². The first-order valence-electron chi connectivity index (χ1n) is 14.0. The van der Waals surface area contributed by atoms with E-state index in [2.05, 4.69) is 17.2 Å². The number of thiazole rings is 1. The van der Waals surface area contributed by atoms with Crippen molar-refractivity contribution in [3.8, 4) is 0 Å². The predicted molar refractivity (Wildman–Crippen MR) is 148 cm³/mol. The summed E-state index contributed by atoms with van der Waals surface area (Å²) in [5.41, 5.74) is 0.386. The summed E-state index contributed by atoms with van der Waals surface area (Å²) in [6, 6.07) is 0. The number of ketones is 1. The monoisotopic (exact) mass is 564 g/mol. The SMILES string of the molecule is CCC(=O)NCc1nc(C=C(C)C2OC(=O)CCC(C)(C)C(=O)C(C)CC(C)CCCC3OC3(O)C2O)cs1. The summed E-state index contributed by atoms with van der Waals surface area (Å²) < 4.78 is 11.3. The molecule has 3 heterocycles.